The summed E-state index contributed by atoms with van der Waals surface area (Å²) in [5.41, 5.74) is 7.08. The molecule has 0 fully saturated rings. The molecule has 0 unspecified atom stereocenters. The molecule has 0 aliphatic carbocycles. The Labute approximate surface area is 97.3 Å². The van der Waals surface area contributed by atoms with E-state index >= 15 is 0 Å². The van der Waals surface area contributed by atoms with Crippen LogP contribution in [-0.4, -0.2) is 9.97 Å². The summed E-state index contributed by atoms with van der Waals surface area (Å²) in [6.07, 6.45) is 0. The van der Waals surface area contributed by atoms with Gasteiger partial charge in [-0.3, -0.25) is 0 Å². The van der Waals surface area contributed by atoms with Gasteiger partial charge in [-0.05, 0) is 32.0 Å². The second-order valence-corrected chi connectivity index (χ2v) is 3.77. The normalized spacial score (nSPS) is 10.6. The minimum Gasteiger partial charge on any atom is -0.383 e. The first kappa shape index (κ1) is 11.4. The Kier molecular flexibility index (Phi) is 2.75. The number of rotatable bonds is 1. The molecule has 0 spiro atoms. The number of aromatic nitrogens is 2. The molecule has 0 radical (unpaired) electrons. The highest BCUT2D eigenvalue weighted by molar-refractivity contribution is 5.59. The van der Waals surface area contributed by atoms with Crippen LogP contribution >= 0.6 is 0 Å². The molecule has 1 heterocycles. The predicted molar refractivity (Wildman–Crippen MR) is 61.3 cm³/mol. The lowest BCUT2D eigenvalue weighted by Gasteiger charge is -2.07. The van der Waals surface area contributed by atoms with Gasteiger partial charge < -0.3 is 5.73 Å². The lowest BCUT2D eigenvalue weighted by Crippen LogP contribution is -2.03. The van der Waals surface area contributed by atoms with Gasteiger partial charge in [0.25, 0.3) is 0 Å². The van der Waals surface area contributed by atoms with Crippen LogP contribution in [0, 0.1) is 25.5 Å². The molecule has 2 N–H and O–H groups in total. The Morgan fingerprint density at radius 3 is 2.47 bits per heavy atom. The Bertz CT molecular complexity index is 559. The zero-order valence-corrected chi connectivity index (χ0v) is 9.46. The molecular formula is C12H11F2N3. The van der Waals surface area contributed by atoms with Crippen LogP contribution in [0.5, 0.6) is 0 Å². The zero-order chi connectivity index (χ0) is 12.6. The molecule has 1 aromatic heterocycles. The maximum atomic E-state index is 13.5. The number of anilines is 1. The van der Waals surface area contributed by atoms with Crippen LogP contribution in [-0.2, 0) is 0 Å². The lowest BCUT2D eigenvalue weighted by atomic mass is 10.1. The molecule has 5 heteroatoms. The summed E-state index contributed by atoms with van der Waals surface area (Å²) < 4.78 is 26.6. The number of benzene rings is 1. The summed E-state index contributed by atoms with van der Waals surface area (Å²) in [6, 6.07) is 3.14. The van der Waals surface area contributed by atoms with Crippen LogP contribution in [0.1, 0.15) is 11.3 Å². The maximum Gasteiger partial charge on any atom is 0.164 e. The molecular weight excluding hydrogens is 224 g/mol. The largest absolute Gasteiger partial charge is 0.383 e. The number of aryl methyl sites for hydroxylation is 1. The second kappa shape index (κ2) is 4.08. The van der Waals surface area contributed by atoms with Crippen molar-refractivity contribution in [1.29, 1.82) is 0 Å². The summed E-state index contributed by atoms with van der Waals surface area (Å²) >= 11 is 0. The fourth-order valence-electron chi connectivity index (χ4n) is 1.44. The van der Waals surface area contributed by atoms with Crippen molar-refractivity contribution in [3.05, 3.63) is 41.1 Å². The highest BCUT2D eigenvalue weighted by atomic mass is 19.1. The van der Waals surface area contributed by atoms with Gasteiger partial charge in [-0.15, -0.1) is 0 Å². The summed E-state index contributed by atoms with van der Waals surface area (Å²) in [5, 5.41) is 0. The average molecular weight is 235 g/mol. The van der Waals surface area contributed by atoms with E-state index in [0.29, 0.717) is 5.69 Å². The summed E-state index contributed by atoms with van der Waals surface area (Å²) in [7, 11) is 0. The molecule has 0 bridgehead atoms. The predicted octanol–water partition coefficient (Wildman–Crippen LogP) is 2.62. The van der Waals surface area contributed by atoms with Gasteiger partial charge in [-0.25, -0.2) is 18.7 Å². The molecule has 2 rings (SSSR count). The SMILES string of the molecule is Cc1nc(-c2cc(F)ccc2F)nc(N)c1C. The van der Waals surface area contributed by atoms with Crippen molar-refractivity contribution in [2.45, 2.75) is 13.8 Å². The topological polar surface area (TPSA) is 51.8 Å². The minimum atomic E-state index is -0.575. The number of halogens is 2. The van der Waals surface area contributed by atoms with E-state index in [1.165, 1.54) is 0 Å². The van der Waals surface area contributed by atoms with Gasteiger partial charge in [0.15, 0.2) is 5.82 Å². The maximum absolute atomic E-state index is 13.5. The van der Waals surface area contributed by atoms with Crippen LogP contribution in [0.25, 0.3) is 11.4 Å². The van der Waals surface area contributed by atoms with E-state index in [0.717, 1.165) is 23.8 Å². The third kappa shape index (κ3) is 2.08. The van der Waals surface area contributed by atoms with Crippen molar-refractivity contribution in [1.82, 2.24) is 9.97 Å². The number of nitrogens with two attached hydrogens (primary N) is 1. The van der Waals surface area contributed by atoms with Crippen LogP contribution in [0.2, 0.25) is 0 Å². The highest BCUT2D eigenvalue weighted by Crippen LogP contribution is 2.23. The smallest absolute Gasteiger partial charge is 0.164 e. The summed E-state index contributed by atoms with van der Waals surface area (Å²) in [6.45, 7) is 3.52. The Hall–Kier alpha value is -2.04. The first-order valence-corrected chi connectivity index (χ1v) is 5.05. The van der Waals surface area contributed by atoms with E-state index in [-0.39, 0.29) is 17.2 Å². The zero-order valence-electron chi connectivity index (χ0n) is 9.46. The van der Waals surface area contributed by atoms with Gasteiger partial charge in [0.05, 0.1) is 5.56 Å². The van der Waals surface area contributed by atoms with Gasteiger partial charge in [0.2, 0.25) is 0 Å². The standard InChI is InChI=1S/C12H11F2N3/c1-6-7(2)16-12(17-11(6)15)9-5-8(13)3-4-10(9)14/h3-5H,1-2H3,(H2,15,16,17). The molecule has 17 heavy (non-hydrogen) atoms. The lowest BCUT2D eigenvalue weighted by molar-refractivity contribution is 0.602. The summed E-state index contributed by atoms with van der Waals surface area (Å²) in [4.78, 5) is 8.07. The first-order valence-electron chi connectivity index (χ1n) is 5.05. The van der Waals surface area contributed by atoms with Gasteiger partial charge in [-0.1, -0.05) is 0 Å². The molecule has 0 saturated carbocycles. The number of nitrogen functional groups attached to an aromatic ring is 1. The van der Waals surface area contributed by atoms with Crippen LogP contribution in [0.4, 0.5) is 14.6 Å². The average Bonchev–Trinajstić information content (AvgIpc) is 2.28. The monoisotopic (exact) mass is 235 g/mol. The molecule has 0 amide bonds. The molecule has 3 nitrogen and oxygen atoms in total. The van der Waals surface area contributed by atoms with Gasteiger partial charge in [-0.2, -0.15) is 0 Å². The molecule has 0 aliphatic rings. The fourth-order valence-corrected chi connectivity index (χ4v) is 1.44. The molecule has 88 valence electrons. The number of nitrogens with zero attached hydrogens (tertiary/aromatic N) is 2. The van der Waals surface area contributed by atoms with Crippen molar-refractivity contribution in [2.24, 2.45) is 0 Å². The number of hydrogen-bond acceptors (Lipinski definition) is 3. The van der Waals surface area contributed by atoms with Gasteiger partial charge >= 0.3 is 0 Å². The Morgan fingerprint density at radius 2 is 1.82 bits per heavy atom. The second-order valence-electron chi connectivity index (χ2n) is 3.77. The minimum absolute atomic E-state index is 0.0137. The van der Waals surface area contributed by atoms with Crippen LogP contribution in [0.3, 0.4) is 0 Å². The van der Waals surface area contributed by atoms with E-state index < -0.39 is 11.6 Å². The van der Waals surface area contributed by atoms with Gasteiger partial charge in [0, 0.05) is 11.3 Å². The third-order valence-electron chi connectivity index (χ3n) is 2.60. The number of hydrogen-bond donors (Lipinski definition) is 1. The summed E-state index contributed by atoms with van der Waals surface area (Å²) in [5.74, 6) is -0.741. The Balaban J connectivity index is 2.64. The van der Waals surface area contributed by atoms with E-state index in [1.54, 1.807) is 13.8 Å². The molecule has 0 atom stereocenters. The van der Waals surface area contributed by atoms with Crippen LogP contribution in [0.15, 0.2) is 18.2 Å². The van der Waals surface area contributed by atoms with Crippen molar-refractivity contribution >= 4 is 5.82 Å². The third-order valence-corrected chi connectivity index (χ3v) is 2.60. The molecule has 0 saturated heterocycles. The first-order chi connectivity index (χ1) is 7.99. The van der Waals surface area contributed by atoms with E-state index in [2.05, 4.69) is 9.97 Å². The van der Waals surface area contributed by atoms with Crippen molar-refractivity contribution in [2.75, 3.05) is 5.73 Å². The Morgan fingerprint density at radius 1 is 1.12 bits per heavy atom. The van der Waals surface area contributed by atoms with Crippen molar-refractivity contribution < 1.29 is 8.78 Å². The quantitative estimate of drug-likeness (QED) is 0.826. The highest BCUT2D eigenvalue weighted by Gasteiger charge is 2.12. The molecule has 1 aromatic carbocycles. The molecule has 2 aromatic rings. The van der Waals surface area contributed by atoms with Crippen molar-refractivity contribution in [3.63, 3.8) is 0 Å². The van der Waals surface area contributed by atoms with E-state index in [4.69, 9.17) is 5.73 Å². The van der Waals surface area contributed by atoms with Crippen LogP contribution < -0.4 is 5.73 Å². The van der Waals surface area contributed by atoms with Crippen molar-refractivity contribution in [3.8, 4) is 11.4 Å². The fraction of sp³-hybridized carbons (Fsp3) is 0.167. The molecule has 0 aliphatic heterocycles. The van der Waals surface area contributed by atoms with Gasteiger partial charge in [0.1, 0.15) is 17.5 Å². The van der Waals surface area contributed by atoms with E-state index in [1.807, 2.05) is 0 Å². The van der Waals surface area contributed by atoms with E-state index in [9.17, 15) is 8.78 Å².